The van der Waals surface area contributed by atoms with Crippen LogP contribution in [-0.4, -0.2) is 96.9 Å². The molecule has 50 heavy (non-hydrogen) atoms. The van der Waals surface area contributed by atoms with Gasteiger partial charge in [0.15, 0.2) is 12.6 Å². The Kier molecular flexibility index (Phi) is 14.1. The first-order valence-electron chi connectivity index (χ1n) is 16.3. The van der Waals surface area contributed by atoms with Gasteiger partial charge >= 0.3 is 12.1 Å². The van der Waals surface area contributed by atoms with E-state index in [1.165, 1.54) is 13.8 Å². The van der Waals surface area contributed by atoms with Crippen LogP contribution in [0.1, 0.15) is 51.0 Å². The third kappa shape index (κ3) is 10.7. The van der Waals surface area contributed by atoms with Crippen molar-refractivity contribution in [3.8, 4) is 0 Å². The van der Waals surface area contributed by atoms with Gasteiger partial charge in [-0.2, -0.15) is 0 Å². The van der Waals surface area contributed by atoms with Crippen LogP contribution in [0.15, 0.2) is 60.7 Å². The van der Waals surface area contributed by atoms with Crippen molar-refractivity contribution in [2.45, 2.75) is 95.3 Å². The molecule has 0 spiro atoms. The Morgan fingerprint density at radius 2 is 1.64 bits per heavy atom. The number of hydrogen-bond acceptors (Lipinski definition) is 11. The van der Waals surface area contributed by atoms with E-state index in [2.05, 4.69) is 16.0 Å². The Labute approximate surface area is 289 Å². The zero-order valence-electron chi connectivity index (χ0n) is 28.0. The third-order valence-electron chi connectivity index (χ3n) is 8.02. The molecule has 4 amide bonds. The lowest BCUT2D eigenvalue weighted by Gasteiger charge is -2.49. The van der Waals surface area contributed by atoms with Crippen LogP contribution in [0.2, 0.25) is 0 Å². The highest BCUT2D eigenvalue weighted by atomic mass is 16.8. The van der Waals surface area contributed by atoms with E-state index in [0.717, 1.165) is 11.1 Å². The highest BCUT2D eigenvalue weighted by molar-refractivity contribution is 5.92. The summed E-state index contributed by atoms with van der Waals surface area (Å²) in [6, 6.07) is 15.0. The minimum atomic E-state index is -1.25. The van der Waals surface area contributed by atoms with Gasteiger partial charge in [0.05, 0.1) is 19.8 Å². The lowest BCUT2D eigenvalue weighted by molar-refractivity contribution is -0.351. The van der Waals surface area contributed by atoms with Crippen molar-refractivity contribution in [3.63, 3.8) is 0 Å². The molecule has 16 heteroatoms. The average Bonchev–Trinajstić information content (AvgIpc) is 3.10. The molecule has 6 N–H and O–H groups in total. The average molecular weight is 701 g/mol. The van der Waals surface area contributed by atoms with Gasteiger partial charge in [0.25, 0.3) is 0 Å². The highest BCUT2D eigenvalue weighted by Gasteiger charge is 2.52. The first-order valence-corrected chi connectivity index (χ1v) is 16.3. The van der Waals surface area contributed by atoms with Gasteiger partial charge in [-0.15, -0.1) is 0 Å². The summed E-state index contributed by atoms with van der Waals surface area (Å²) in [5.41, 5.74) is 6.89. The second-order valence-corrected chi connectivity index (χ2v) is 11.8. The van der Waals surface area contributed by atoms with Crippen LogP contribution in [0.5, 0.6) is 0 Å². The van der Waals surface area contributed by atoms with Gasteiger partial charge in [-0.25, -0.2) is 4.79 Å². The molecule has 2 heterocycles. The molecule has 2 aliphatic heterocycles. The smallest absolute Gasteiger partial charge is 0.407 e. The molecule has 2 aromatic carbocycles. The number of nitrogens with two attached hydrogens (primary N) is 1. The summed E-state index contributed by atoms with van der Waals surface area (Å²) >= 11 is 0. The molecule has 272 valence electrons. The summed E-state index contributed by atoms with van der Waals surface area (Å²) in [6.45, 7) is 4.76. The number of hydrogen-bond donors (Lipinski definition) is 5. The summed E-state index contributed by atoms with van der Waals surface area (Å²) in [5.74, 6) is -3.56. The lowest BCUT2D eigenvalue weighted by atomic mass is 9.95. The van der Waals surface area contributed by atoms with Crippen LogP contribution in [0.3, 0.4) is 0 Å². The topological polar surface area (TPSA) is 223 Å². The van der Waals surface area contributed by atoms with E-state index in [0.29, 0.717) is 0 Å². The maximum atomic E-state index is 13.4. The first kappa shape index (κ1) is 38.2. The van der Waals surface area contributed by atoms with E-state index >= 15 is 0 Å². The summed E-state index contributed by atoms with van der Waals surface area (Å²) in [4.78, 5) is 61.8. The number of aliphatic carboxylic acids is 1. The lowest BCUT2D eigenvalue weighted by Crippen LogP contribution is -2.68. The van der Waals surface area contributed by atoms with Crippen LogP contribution < -0.4 is 21.7 Å². The molecule has 0 aliphatic carbocycles. The molecule has 0 bridgehead atoms. The molecule has 2 unspecified atom stereocenters. The van der Waals surface area contributed by atoms with E-state index in [4.69, 9.17) is 39.3 Å². The van der Waals surface area contributed by atoms with Gasteiger partial charge < -0.3 is 55.2 Å². The van der Waals surface area contributed by atoms with Gasteiger partial charge in [-0.05, 0) is 32.8 Å². The number of carboxylic acids is 1. The molecule has 0 aromatic heterocycles. The van der Waals surface area contributed by atoms with Crippen LogP contribution >= 0.6 is 0 Å². The van der Waals surface area contributed by atoms with Gasteiger partial charge in [0.2, 0.25) is 17.7 Å². The fourth-order valence-corrected chi connectivity index (χ4v) is 5.41. The van der Waals surface area contributed by atoms with Crippen molar-refractivity contribution in [3.05, 3.63) is 71.8 Å². The molecule has 0 saturated carbocycles. The van der Waals surface area contributed by atoms with Crippen LogP contribution in [0.25, 0.3) is 0 Å². The zero-order valence-corrected chi connectivity index (χ0v) is 28.0. The van der Waals surface area contributed by atoms with E-state index in [-0.39, 0.29) is 26.2 Å². The summed E-state index contributed by atoms with van der Waals surface area (Å²) in [6.07, 6.45) is -7.21. The van der Waals surface area contributed by atoms with Gasteiger partial charge in [-0.1, -0.05) is 60.7 Å². The number of nitrogens with one attached hydrogen (secondary N) is 3. The van der Waals surface area contributed by atoms with Crippen molar-refractivity contribution in [1.82, 2.24) is 16.0 Å². The SMILES string of the molecule is CCOC(=O)N[C@H]1[C@@H](OCc2ccccc2)O[C@@H]2COC(c3ccccc3)O[C@H]2[C@@H]1O[C@H](C)C(=O)N[C@@H](C)C(=O)NC(CCC(=O)O)C(N)=O. The van der Waals surface area contributed by atoms with Crippen molar-refractivity contribution in [2.24, 2.45) is 5.73 Å². The number of benzene rings is 2. The fourth-order valence-electron chi connectivity index (χ4n) is 5.41. The van der Waals surface area contributed by atoms with Crippen molar-refractivity contribution in [1.29, 1.82) is 0 Å². The number of carbonyl (C=O) groups is 5. The molecule has 16 nitrogen and oxygen atoms in total. The van der Waals surface area contributed by atoms with Gasteiger partial charge in [0, 0.05) is 12.0 Å². The minimum absolute atomic E-state index is 0.0715. The summed E-state index contributed by atoms with van der Waals surface area (Å²) in [5, 5.41) is 16.6. The standard InChI is InChI=1S/C34H44N4O12/c1-4-45-34(44)38-26-28(48-20(3)31(43)36-19(2)30(42)37-23(29(35)41)15-16-25(39)40)27-24(18-47-32(50-27)22-13-9-6-10-14-22)49-33(26)46-17-21-11-7-5-8-12-21/h5-14,19-20,23-24,26-28,32-33H,4,15-18H2,1-3H3,(H2,35,41)(H,36,43)(H,37,42)(H,38,44)(H,39,40)/t19-,20+,23?,24+,26+,27+,28+,32?,33-/m0/s1. The fraction of sp³-hybridized carbons (Fsp3) is 0.500. The Morgan fingerprint density at radius 1 is 0.960 bits per heavy atom. The molecule has 2 aromatic rings. The number of fused-ring (bicyclic) bond motifs is 1. The Bertz CT molecular complexity index is 1450. The van der Waals surface area contributed by atoms with Crippen molar-refractivity contribution in [2.75, 3.05) is 13.2 Å². The Morgan fingerprint density at radius 3 is 2.28 bits per heavy atom. The van der Waals surface area contributed by atoms with E-state index in [1.807, 2.05) is 60.7 Å². The number of carboxylic acid groups (broad SMARTS) is 1. The predicted octanol–water partition coefficient (Wildman–Crippen LogP) is 1.27. The Hall–Kier alpha value is -4.61. The third-order valence-corrected chi connectivity index (χ3v) is 8.02. The number of carbonyl (C=O) groups excluding carboxylic acids is 4. The number of primary amides is 1. The molecular weight excluding hydrogens is 656 g/mol. The van der Waals surface area contributed by atoms with Crippen LogP contribution in [0, 0.1) is 0 Å². The maximum Gasteiger partial charge on any atom is 0.407 e. The second-order valence-electron chi connectivity index (χ2n) is 11.8. The van der Waals surface area contributed by atoms with E-state index in [9.17, 15) is 24.0 Å². The number of amides is 4. The number of alkyl carbamates (subject to hydrolysis) is 1. The molecular formula is C34H44N4O12. The van der Waals surface area contributed by atoms with Crippen molar-refractivity contribution >= 4 is 29.8 Å². The van der Waals surface area contributed by atoms with E-state index < -0.39 is 91.3 Å². The minimum Gasteiger partial charge on any atom is -0.481 e. The predicted molar refractivity (Wildman–Crippen MR) is 174 cm³/mol. The monoisotopic (exact) mass is 700 g/mol. The number of rotatable bonds is 16. The second kappa shape index (κ2) is 18.4. The summed E-state index contributed by atoms with van der Waals surface area (Å²) < 4.78 is 36.4. The van der Waals surface area contributed by atoms with Crippen LogP contribution in [-0.2, 0) is 54.2 Å². The quantitative estimate of drug-likeness (QED) is 0.167. The first-order chi connectivity index (χ1) is 24.0. The Balaban J connectivity index is 1.55. The molecule has 4 rings (SSSR count). The largest absolute Gasteiger partial charge is 0.481 e. The molecule has 2 saturated heterocycles. The molecule has 9 atom stereocenters. The molecule has 2 fully saturated rings. The van der Waals surface area contributed by atoms with Crippen molar-refractivity contribution < 1.29 is 57.5 Å². The summed E-state index contributed by atoms with van der Waals surface area (Å²) in [7, 11) is 0. The van der Waals surface area contributed by atoms with Gasteiger partial charge in [-0.3, -0.25) is 19.2 Å². The molecule has 2 aliphatic rings. The highest BCUT2D eigenvalue weighted by Crippen LogP contribution is 2.36. The number of ether oxygens (including phenoxy) is 6. The van der Waals surface area contributed by atoms with Gasteiger partial charge in [0.1, 0.15) is 42.5 Å². The normalized spacial score (nSPS) is 24.8. The molecule has 0 radical (unpaired) electrons. The zero-order chi connectivity index (χ0) is 36.2. The van der Waals surface area contributed by atoms with E-state index in [1.54, 1.807) is 6.92 Å². The van der Waals surface area contributed by atoms with Crippen LogP contribution in [0.4, 0.5) is 4.79 Å². The maximum absolute atomic E-state index is 13.4.